The third-order valence-electron chi connectivity index (χ3n) is 3.72. The van der Waals surface area contributed by atoms with Crippen LogP contribution in [-0.2, 0) is 6.61 Å². The van der Waals surface area contributed by atoms with E-state index in [4.69, 9.17) is 15.2 Å². The topological polar surface area (TPSA) is 82.1 Å². The van der Waals surface area contributed by atoms with E-state index >= 15 is 0 Å². The first-order valence-corrected chi connectivity index (χ1v) is 8.39. The highest BCUT2D eigenvalue weighted by atomic mass is 16.5. The first kappa shape index (κ1) is 18.1. The first-order chi connectivity index (χ1) is 13.3. The van der Waals surface area contributed by atoms with E-state index in [0.717, 1.165) is 11.1 Å². The van der Waals surface area contributed by atoms with E-state index in [1.807, 2.05) is 60.7 Å². The van der Waals surface area contributed by atoms with Crippen molar-refractivity contribution < 1.29 is 9.47 Å². The van der Waals surface area contributed by atoms with Crippen molar-refractivity contribution in [2.24, 2.45) is 15.9 Å². The largest absolute Gasteiger partial charge is 0.493 e. The van der Waals surface area contributed by atoms with Crippen molar-refractivity contribution in [3.8, 4) is 11.5 Å². The lowest BCUT2D eigenvalue weighted by atomic mass is 10.2. The number of hydrogen-bond donors (Lipinski definition) is 1. The standard InChI is InChI=1S/C21H20N4O2/c1-26-20-13-17(14-24-25-21(22)18-9-5-6-12-23-18)10-11-19(20)27-15-16-7-3-2-4-8-16/h2-14H,15H2,1H3,(H2,22,25)/b24-14+. The molecule has 0 saturated carbocycles. The van der Waals surface area contributed by atoms with Gasteiger partial charge in [-0.2, -0.15) is 5.10 Å². The third kappa shape index (κ3) is 5.15. The van der Waals surface area contributed by atoms with Crippen molar-refractivity contribution in [2.45, 2.75) is 6.61 Å². The summed E-state index contributed by atoms with van der Waals surface area (Å²) >= 11 is 0. The fourth-order valence-electron chi connectivity index (χ4n) is 2.34. The minimum absolute atomic E-state index is 0.252. The highest BCUT2D eigenvalue weighted by molar-refractivity contribution is 5.96. The summed E-state index contributed by atoms with van der Waals surface area (Å²) in [6.07, 6.45) is 3.25. The molecule has 0 atom stereocenters. The molecule has 27 heavy (non-hydrogen) atoms. The minimum atomic E-state index is 0.252. The molecule has 0 saturated heterocycles. The quantitative estimate of drug-likeness (QED) is 0.398. The molecule has 3 aromatic rings. The minimum Gasteiger partial charge on any atom is -0.493 e. The Morgan fingerprint density at radius 2 is 1.85 bits per heavy atom. The summed E-state index contributed by atoms with van der Waals surface area (Å²) in [6.45, 7) is 0.468. The van der Waals surface area contributed by atoms with E-state index in [-0.39, 0.29) is 5.84 Å². The van der Waals surface area contributed by atoms with Gasteiger partial charge in [0.05, 0.1) is 13.3 Å². The van der Waals surface area contributed by atoms with Crippen molar-refractivity contribution >= 4 is 12.1 Å². The summed E-state index contributed by atoms with van der Waals surface area (Å²) < 4.78 is 11.3. The summed E-state index contributed by atoms with van der Waals surface area (Å²) in [5.74, 6) is 1.54. The second kappa shape index (κ2) is 9.15. The molecule has 136 valence electrons. The van der Waals surface area contributed by atoms with Crippen LogP contribution in [0.3, 0.4) is 0 Å². The van der Waals surface area contributed by atoms with Gasteiger partial charge in [-0.05, 0) is 41.5 Å². The fourth-order valence-corrected chi connectivity index (χ4v) is 2.34. The van der Waals surface area contributed by atoms with Gasteiger partial charge in [0.25, 0.3) is 0 Å². The van der Waals surface area contributed by atoms with Crippen LogP contribution in [-0.4, -0.2) is 24.1 Å². The summed E-state index contributed by atoms with van der Waals surface area (Å²) in [4.78, 5) is 4.12. The van der Waals surface area contributed by atoms with Gasteiger partial charge < -0.3 is 15.2 Å². The van der Waals surface area contributed by atoms with E-state index in [1.165, 1.54) is 0 Å². The lowest BCUT2D eigenvalue weighted by Crippen LogP contribution is -2.14. The van der Waals surface area contributed by atoms with Crippen molar-refractivity contribution in [2.75, 3.05) is 7.11 Å². The number of ether oxygens (including phenoxy) is 2. The Hall–Kier alpha value is -3.67. The maximum Gasteiger partial charge on any atom is 0.171 e. The number of nitrogens with zero attached hydrogens (tertiary/aromatic N) is 3. The molecule has 0 aliphatic heterocycles. The van der Waals surface area contributed by atoms with Crippen LogP contribution in [0, 0.1) is 0 Å². The van der Waals surface area contributed by atoms with Crippen LogP contribution in [0.4, 0.5) is 0 Å². The second-order valence-electron chi connectivity index (χ2n) is 5.63. The predicted octanol–water partition coefficient (Wildman–Crippen LogP) is 3.41. The van der Waals surface area contributed by atoms with Gasteiger partial charge in [-0.3, -0.25) is 4.98 Å². The number of amidine groups is 1. The van der Waals surface area contributed by atoms with Crippen molar-refractivity contribution in [1.82, 2.24) is 4.98 Å². The molecule has 0 radical (unpaired) electrons. The Bertz CT molecular complexity index is 925. The summed E-state index contributed by atoms with van der Waals surface area (Å²) in [7, 11) is 1.60. The highest BCUT2D eigenvalue weighted by Gasteiger charge is 2.05. The smallest absolute Gasteiger partial charge is 0.171 e. The van der Waals surface area contributed by atoms with E-state index in [9.17, 15) is 0 Å². The Labute approximate surface area is 158 Å². The summed E-state index contributed by atoms with van der Waals surface area (Å²) in [5.41, 5.74) is 8.35. The first-order valence-electron chi connectivity index (χ1n) is 8.39. The monoisotopic (exact) mass is 360 g/mol. The molecule has 0 aliphatic carbocycles. The molecule has 0 bridgehead atoms. The predicted molar refractivity (Wildman–Crippen MR) is 106 cm³/mol. The molecular weight excluding hydrogens is 340 g/mol. The molecule has 6 nitrogen and oxygen atoms in total. The SMILES string of the molecule is COc1cc(/C=N/N=C(\N)c2ccccn2)ccc1OCc1ccccc1. The van der Waals surface area contributed by atoms with Crippen LogP contribution in [0.15, 0.2) is 83.1 Å². The zero-order valence-electron chi connectivity index (χ0n) is 14.9. The maximum absolute atomic E-state index is 5.86. The normalized spacial score (nSPS) is 11.5. The number of aromatic nitrogens is 1. The molecule has 2 aromatic carbocycles. The summed E-state index contributed by atoms with van der Waals surface area (Å²) in [6, 6.07) is 20.9. The number of benzene rings is 2. The van der Waals surface area contributed by atoms with Crippen molar-refractivity contribution in [3.63, 3.8) is 0 Å². The zero-order valence-corrected chi connectivity index (χ0v) is 14.9. The highest BCUT2D eigenvalue weighted by Crippen LogP contribution is 2.28. The Morgan fingerprint density at radius 1 is 1.04 bits per heavy atom. The van der Waals surface area contributed by atoms with Crippen LogP contribution in [0.5, 0.6) is 11.5 Å². The fraction of sp³-hybridized carbons (Fsp3) is 0.0952. The van der Waals surface area contributed by atoms with E-state index in [0.29, 0.717) is 23.8 Å². The van der Waals surface area contributed by atoms with Gasteiger partial charge in [0, 0.05) is 6.20 Å². The van der Waals surface area contributed by atoms with Gasteiger partial charge in [-0.25, -0.2) is 0 Å². The summed E-state index contributed by atoms with van der Waals surface area (Å²) in [5, 5.41) is 7.99. The number of rotatable bonds is 7. The van der Waals surface area contributed by atoms with Gasteiger partial charge in [0.1, 0.15) is 12.3 Å². The molecule has 1 heterocycles. The zero-order chi connectivity index (χ0) is 18.9. The van der Waals surface area contributed by atoms with Gasteiger partial charge in [0.2, 0.25) is 0 Å². The van der Waals surface area contributed by atoms with Crippen LogP contribution >= 0.6 is 0 Å². The lowest BCUT2D eigenvalue weighted by molar-refractivity contribution is 0.284. The van der Waals surface area contributed by atoms with E-state index < -0.39 is 0 Å². The second-order valence-corrected chi connectivity index (χ2v) is 5.63. The average Bonchev–Trinajstić information content (AvgIpc) is 2.74. The molecule has 3 rings (SSSR count). The van der Waals surface area contributed by atoms with Crippen LogP contribution < -0.4 is 15.2 Å². The number of hydrogen-bond acceptors (Lipinski definition) is 5. The Morgan fingerprint density at radius 3 is 2.59 bits per heavy atom. The average molecular weight is 360 g/mol. The molecule has 0 unspecified atom stereocenters. The van der Waals surface area contributed by atoms with Crippen LogP contribution in [0.25, 0.3) is 0 Å². The van der Waals surface area contributed by atoms with Gasteiger partial charge in [-0.15, -0.1) is 5.10 Å². The number of methoxy groups -OCH3 is 1. The van der Waals surface area contributed by atoms with Gasteiger partial charge >= 0.3 is 0 Å². The molecule has 1 aromatic heterocycles. The third-order valence-corrected chi connectivity index (χ3v) is 3.72. The molecule has 6 heteroatoms. The van der Waals surface area contributed by atoms with Gasteiger partial charge in [-0.1, -0.05) is 36.4 Å². The molecule has 2 N–H and O–H groups in total. The Balaban J connectivity index is 1.68. The van der Waals surface area contributed by atoms with Gasteiger partial charge in [0.15, 0.2) is 17.3 Å². The Kier molecular flexibility index (Phi) is 6.14. The van der Waals surface area contributed by atoms with E-state index in [2.05, 4.69) is 15.2 Å². The van der Waals surface area contributed by atoms with Crippen LogP contribution in [0.2, 0.25) is 0 Å². The maximum atomic E-state index is 5.86. The number of pyridine rings is 1. The van der Waals surface area contributed by atoms with Crippen LogP contribution in [0.1, 0.15) is 16.8 Å². The van der Waals surface area contributed by atoms with Crippen molar-refractivity contribution in [1.29, 1.82) is 0 Å². The molecule has 0 aliphatic rings. The molecular formula is C21H20N4O2. The molecule has 0 spiro atoms. The lowest BCUT2D eigenvalue weighted by Gasteiger charge is -2.11. The van der Waals surface area contributed by atoms with E-state index in [1.54, 1.807) is 25.6 Å². The molecule has 0 amide bonds. The number of nitrogens with two attached hydrogens (primary N) is 1. The molecule has 0 fully saturated rings. The van der Waals surface area contributed by atoms with Crippen molar-refractivity contribution in [3.05, 3.63) is 89.7 Å².